The summed E-state index contributed by atoms with van der Waals surface area (Å²) in [5.41, 5.74) is -0.214. The van der Waals surface area contributed by atoms with Crippen LogP contribution >= 0.6 is 0 Å². The summed E-state index contributed by atoms with van der Waals surface area (Å²) in [7, 11) is 0. The second kappa shape index (κ2) is 5.54. The molecular formula is C13H11NO6. The number of fused-ring (bicyclic) bond motifs is 1. The van der Waals surface area contributed by atoms with Gasteiger partial charge in [0, 0.05) is 18.2 Å². The van der Waals surface area contributed by atoms with Crippen molar-refractivity contribution < 1.29 is 24.3 Å². The number of amides is 2. The Labute approximate surface area is 112 Å². The molecule has 0 aliphatic carbocycles. The van der Waals surface area contributed by atoms with E-state index in [4.69, 9.17) is 14.7 Å². The van der Waals surface area contributed by atoms with E-state index in [1.165, 1.54) is 6.07 Å². The van der Waals surface area contributed by atoms with Crippen LogP contribution in [0.3, 0.4) is 0 Å². The number of hydrogen-bond acceptors (Lipinski definition) is 6. The molecule has 2 N–H and O–H groups in total. The number of benzene rings is 1. The number of rotatable bonds is 0. The van der Waals surface area contributed by atoms with Gasteiger partial charge in [-0.3, -0.25) is 14.8 Å². The largest absolute Gasteiger partial charge is 0.502 e. The lowest BCUT2D eigenvalue weighted by atomic mass is 10.2. The Morgan fingerprint density at radius 3 is 2.20 bits per heavy atom. The van der Waals surface area contributed by atoms with Gasteiger partial charge in [-0.1, -0.05) is 18.2 Å². The first-order chi connectivity index (χ1) is 9.49. The van der Waals surface area contributed by atoms with Crippen molar-refractivity contribution in [3.05, 3.63) is 40.8 Å². The van der Waals surface area contributed by atoms with E-state index in [9.17, 15) is 14.4 Å². The zero-order valence-corrected chi connectivity index (χ0v) is 10.3. The molecule has 0 atom stereocenters. The Morgan fingerprint density at radius 1 is 1.05 bits per heavy atom. The van der Waals surface area contributed by atoms with Crippen molar-refractivity contribution in [1.29, 1.82) is 0 Å². The van der Waals surface area contributed by atoms with Crippen LogP contribution in [0.15, 0.2) is 39.5 Å². The summed E-state index contributed by atoms with van der Waals surface area (Å²) in [6, 6.07) is 8.40. The van der Waals surface area contributed by atoms with Crippen LogP contribution in [0, 0.1) is 0 Å². The standard InChI is InChI=1S/C9H6O3.C4H5NO3/c10-7-5-6-3-1-2-4-8(6)12-9(7)11;6-3-1-2-4(7)5(3)8/h1-5,10H;8H,1-2H2. The van der Waals surface area contributed by atoms with Gasteiger partial charge in [0.1, 0.15) is 5.58 Å². The maximum atomic E-state index is 10.8. The van der Waals surface area contributed by atoms with Crippen LogP contribution in [0.1, 0.15) is 12.8 Å². The lowest BCUT2D eigenvalue weighted by Crippen LogP contribution is -2.24. The van der Waals surface area contributed by atoms with Crippen LogP contribution in [0.5, 0.6) is 5.75 Å². The minimum Gasteiger partial charge on any atom is -0.502 e. The minimum absolute atomic E-state index is 0.148. The van der Waals surface area contributed by atoms with Gasteiger partial charge in [0.2, 0.25) is 5.75 Å². The molecule has 2 aromatic rings. The summed E-state index contributed by atoms with van der Waals surface area (Å²) < 4.78 is 4.79. The molecule has 0 saturated carbocycles. The summed E-state index contributed by atoms with van der Waals surface area (Å²) in [6.07, 6.45) is 0.296. The molecule has 1 aromatic heterocycles. The van der Waals surface area contributed by atoms with Crippen molar-refractivity contribution in [2.24, 2.45) is 0 Å². The molecule has 0 bridgehead atoms. The third-order valence-corrected chi connectivity index (χ3v) is 2.65. The third kappa shape index (κ3) is 2.83. The molecule has 7 nitrogen and oxygen atoms in total. The molecule has 0 radical (unpaired) electrons. The van der Waals surface area contributed by atoms with Gasteiger partial charge in [-0.2, -0.15) is 5.06 Å². The lowest BCUT2D eigenvalue weighted by Gasteiger charge is -1.98. The van der Waals surface area contributed by atoms with Crippen LogP contribution in [-0.4, -0.2) is 27.2 Å². The zero-order valence-electron chi connectivity index (χ0n) is 10.3. The first kappa shape index (κ1) is 13.8. The number of para-hydroxylation sites is 1. The van der Waals surface area contributed by atoms with E-state index in [0.717, 1.165) is 5.39 Å². The molecule has 2 amide bonds. The number of aromatic hydroxyl groups is 1. The van der Waals surface area contributed by atoms with E-state index in [1.807, 2.05) is 6.07 Å². The Hall–Kier alpha value is -2.67. The van der Waals surface area contributed by atoms with E-state index >= 15 is 0 Å². The molecule has 7 heteroatoms. The molecule has 1 aromatic carbocycles. The van der Waals surface area contributed by atoms with Gasteiger partial charge in [0.05, 0.1) is 0 Å². The van der Waals surface area contributed by atoms with Crippen molar-refractivity contribution in [3.63, 3.8) is 0 Å². The zero-order chi connectivity index (χ0) is 14.7. The van der Waals surface area contributed by atoms with Crippen molar-refractivity contribution in [2.75, 3.05) is 0 Å². The van der Waals surface area contributed by atoms with E-state index in [2.05, 4.69) is 0 Å². The number of hydrogen-bond donors (Lipinski definition) is 2. The second-order valence-electron chi connectivity index (χ2n) is 4.06. The lowest BCUT2D eigenvalue weighted by molar-refractivity contribution is -0.171. The highest BCUT2D eigenvalue weighted by atomic mass is 16.5. The number of imide groups is 1. The number of nitrogens with zero attached hydrogens (tertiary/aromatic N) is 1. The molecule has 0 spiro atoms. The normalized spacial score (nSPS) is 14.3. The van der Waals surface area contributed by atoms with E-state index in [0.29, 0.717) is 5.58 Å². The predicted octanol–water partition coefficient (Wildman–Crippen LogP) is 1.02. The van der Waals surface area contributed by atoms with Crippen LogP contribution < -0.4 is 5.63 Å². The fourth-order valence-electron chi connectivity index (χ4n) is 1.62. The molecule has 2 heterocycles. The fraction of sp³-hybridized carbons (Fsp3) is 0.154. The average Bonchev–Trinajstić information content (AvgIpc) is 2.72. The van der Waals surface area contributed by atoms with Crippen LogP contribution in [0.4, 0.5) is 0 Å². The first-order valence-electron chi connectivity index (χ1n) is 5.75. The van der Waals surface area contributed by atoms with Gasteiger partial charge < -0.3 is 9.52 Å². The topological polar surface area (TPSA) is 108 Å². The van der Waals surface area contributed by atoms with Gasteiger partial charge in [-0.05, 0) is 12.1 Å². The molecule has 1 fully saturated rings. The smallest absolute Gasteiger partial charge is 0.378 e. The summed E-state index contributed by atoms with van der Waals surface area (Å²) in [5.74, 6) is -1.36. The molecule has 104 valence electrons. The van der Waals surface area contributed by atoms with Crippen LogP contribution in [0.2, 0.25) is 0 Å². The molecule has 20 heavy (non-hydrogen) atoms. The van der Waals surface area contributed by atoms with Gasteiger partial charge in [0.25, 0.3) is 11.8 Å². The second-order valence-corrected chi connectivity index (χ2v) is 4.06. The maximum absolute atomic E-state index is 10.8. The highest BCUT2D eigenvalue weighted by Crippen LogP contribution is 2.14. The highest BCUT2D eigenvalue weighted by Gasteiger charge is 2.26. The maximum Gasteiger partial charge on any atom is 0.378 e. The van der Waals surface area contributed by atoms with Gasteiger partial charge in [-0.25, -0.2) is 4.79 Å². The third-order valence-electron chi connectivity index (χ3n) is 2.65. The minimum atomic E-state index is -0.700. The predicted molar refractivity (Wildman–Crippen MR) is 67.0 cm³/mol. The Bertz CT molecular complexity index is 704. The molecule has 3 rings (SSSR count). The van der Waals surface area contributed by atoms with Gasteiger partial charge >= 0.3 is 5.63 Å². The molecule has 1 aliphatic rings. The molecular weight excluding hydrogens is 266 g/mol. The van der Waals surface area contributed by atoms with Gasteiger partial charge in [0.15, 0.2) is 0 Å². The Morgan fingerprint density at radius 2 is 1.65 bits per heavy atom. The number of hydroxylamine groups is 2. The molecule has 0 unspecified atom stereocenters. The molecule has 1 aliphatic heterocycles. The summed E-state index contributed by atoms with van der Waals surface area (Å²) in [5, 5.41) is 18.3. The van der Waals surface area contributed by atoms with Crippen molar-refractivity contribution in [3.8, 4) is 5.75 Å². The van der Waals surface area contributed by atoms with Crippen molar-refractivity contribution in [2.45, 2.75) is 12.8 Å². The van der Waals surface area contributed by atoms with Crippen LogP contribution in [-0.2, 0) is 9.59 Å². The number of carbonyl (C=O) groups excluding carboxylic acids is 2. The highest BCUT2D eigenvalue weighted by molar-refractivity contribution is 6.00. The van der Waals surface area contributed by atoms with Gasteiger partial charge in [-0.15, -0.1) is 0 Å². The Kier molecular flexibility index (Phi) is 3.81. The van der Waals surface area contributed by atoms with Crippen LogP contribution in [0.25, 0.3) is 11.0 Å². The molecule has 1 saturated heterocycles. The van der Waals surface area contributed by atoms with Crippen molar-refractivity contribution in [1.82, 2.24) is 5.06 Å². The fourth-order valence-corrected chi connectivity index (χ4v) is 1.62. The summed E-state index contributed by atoms with van der Waals surface area (Å²) >= 11 is 0. The van der Waals surface area contributed by atoms with E-state index in [-0.39, 0.29) is 23.7 Å². The van der Waals surface area contributed by atoms with E-state index < -0.39 is 17.4 Å². The average molecular weight is 277 g/mol. The SMILES string of the molecule is O=C1CCC(=O)N1O.O=c1oc2ccccc2cc1O. The number of carbonyl (C=O) groups is 2. The first-order valence-corrected chi connectivity index (χ1v) is 5.75. The summed E-state index contributed by atoms with van der Waals surface area (Å²) in [4.78, 5) is 31.3. The quantitative estimate of drug-likeness (QED) is 0.423. The van der Waals surface area contributed by atoms with Crippen molar-refractivity contribution >= 4 is 22.8 Å². The van der Waals surface area contributed by atoms with E-state index in [1.54, 1.807) is 18.2 Å². The Balaban J connectivity index is 0.000000160. The summed E-state index contributed by atoms with van der Waals surface area (Å²) in [6.45, 7) is 0. The monoisotopic (exact) mass is 277 g/mol.